The number of benzene rings is 1. The van der Waals surface area contributed by atoms with Crippen molar-refractivity contribution >= 4 is 27.4 Å². The molecule has 2 aromatic heterocycles. The van der Waals surface area contributed by atoms with Crippen molar-refractivity contribution in [2.45, 2.75) is 38.8 Å². The summed E-state index contributed by atoms with van der Waals surface area (Å²) in [6.07, 6.45) is 1.51. The molecule has 1 atom stereocenters. The van der Waals surface area contributed by atoms with Crippen LogP contribution in [0.3, 0.4) is 0 Å². The zero-order chi connectivity index (χ0) is 17.6. The van der Waals surface area contributed by atoms with Gasteiger partial charge in [0.25, 0.3) is 0 Å². The molecule has 0 radical (unpaired) electrons. The number of hydrogen-bond donors (Lipinski definition) is 1. The summed E-state index contributed by atoms with van der Waals surface area (Å²) < 4.78 is 13.1. The summed E-state index contributed by atoms with van der Waals surface area (Å²) in [6.45, 7) is 4.42. The Hall–Kier alpha value is -2.05. The maximum Gasteiger partial charge on any atom is 0.141 e. The van der Waals surface area contributed by atoms with Crippen LogP contribution in [0.25, 0.3) is 10.2 Å². The largest absolute Gasteiger partial charge is 0.387 e. The Bertz CT molecular complexity index is 905. The van der Waals surface area contributed by atoms with E-state index in [1.54, 1.807) is 23.5 Å². The quantitative estimate of drug-likeness (QED) is 0.745. The Morgan fingerprint density at radius 1 is 1.24 bits per heavy atom. The maximum atomic E-state index is 13.1. The lowest BCUT2D eigenvalue weighted by atomic mass is 10.1. The normalized spacial score (nSPS) is 15.5. The number of hydrogen-bond acceptors (Lipinski definition) is 5. The molecule has 2 heterocycles. The molecular formula is C19H20FN3OS. The standard InChI is InChI=1S/C19H20FN3OS/c1-11-10-25-19-17(11)18(21-12(2)22-19)23(15-7-8-15)9-16(24)13-3-5-14(20)6-4-13/h3-6,10,15-16,24H,7-9H2,1-2H3. The molecule has 25 heavy (non-hydrogen) atoms. The molecule has 1 saturated carbocycles. The van der Waals surface area contributed by atoms with Crippen LogP contribution in [0, 0.1) is 19.7 Å². The van der Waals surface area contributed by atoms with Crippen molar-refractivity contribution in [3.8, 4) is 0 Å². The number of aryl methyl sites for hydroxylation is 2. The van der Waals surface area contributed by atoms with Gasteiger partial charge in [-0.2, -0.15) is 0 Å². The van der Waals surface area contributed by atoms with E-state index in [9.17, 15) is 9.50 Å². The predicted molar refractivity (Wildman–Crippen MR) is 98.6 cm³/mol. The van der Waals surface area contributed by atoms with Gasteiger partial charge in [0.2, 0.25) is 0 Å². The first-order chi connectivity index (χ1) is 12.0. The molecule has 130 valence electrons. The molecule has 1 N–H and O–H groups in total. The maximum absolute atomic E-state index is 13.1. The highest BCUT2D eigenvalue weighted by Gasteiger charge is 2.33. The smallest absolute Gasteiger partial charge is 0.141 e. The molecule has 1 unspecified atom stereocenters. The van der Waals surface area contributed by atoms with Crippen molar-refractivity contribution in [3.63, 3.8) is 0 Å². The second-order valence-electron chi connectivity index (χ2n) is 6.64. The van der Waals surface area contributed by atoms with Gasteiger partial charge in [0.15, 0.2) is 0 Å². The van der Waals surface area contributed by atoms with Crippen LogP contribution in [0.4, 0.5) is 10.2 Å². The van der Waals surface area contributed by atoms with Crippen LogP contribution in [-0.2, 0) is 0 Å². The van der Waals surface area contributed by atoms with Crippen LogP contribution in [-0.4, -0.2) is 27.7 Å². The van der Waals surface area contributed by atoms with Crippen LogP contribution in [0.2, 0.25) is 0 Å². The predicted octanol–water partition coefficient (Wildman–Crippen LogP) is 4.15. The van der Waals surface area contributed by atoms with Crippen molar-refractivity contribution in [2.75, 3.05) is 11.4 Å². The third-order valence-electron chi connectivity index (χ3n) is 4.59. The third kappa shape index (κ3) is 3.24. The molecule has 1 fully saturated rings. The first-order valence-electron chi connectivity index (χ1n) is 8.45. The van der Waals surface area contributed by atoms with Gasteiger partial charge in [0.05, 0.1) is 11.5 Å². The second-order valence-corrected chi connectivity index (χ2v) is 7.50. The molecule has 0 bridgehead atoms. The molecule has 4 nitrogen and oxygen atoms in total. The summed E-state index contributed by atoms with van der Waals surface area (Å²) in [5.74, 6) is 1.35. The van der Waals surface area contributed by atoms with Gasteiger partial charge in [0.1, 0.15) is 22.3 Å². The van der Waals surface area contributed by atoms with Gasteiger partial charge in [-0.15, -0.1) is 11.3 Å². The van der Waals surface area contributed by atoms with E-state index in [0.717, 1.165) is 45.8 Å². The topological polar surface area (TPSA) is 49.2 Å². The van der Waals surface area contributed by atoms with Crippen LogP contribution in [0.5, 0.6) is 0 Å². The minimum absolute atomic E-state index is 0.294. The van der Waals surface area contributed by atoms with Gasteiger partial charge in [-0.05, 0) is 55.3 Å². The van der Waals surface area contributed by atoms with E-state index in [1.807, 2.05) is 6.92 Å². The fourth-order valence-corrected chi connectivity index (χ4v) is 4.11. The number of aromatic nitrogens is 2. The molecule has 0 spiro atoms. The number of halogens is 1. The van der Waals surface area contributed by atoms with Crippen LogP contribution in [0.1, 0.15) is 35.9 Å². The summed E-state index contributed by atoms with van der Waals surface area (Å²) in [4.78, 5) is 12.4. The van der Waals surface area contributed by atoms with Crippen molar-refractivity contribution in [2.24, 2.45) is 0 Å². The van der Waals surface area contributed by atoms with Gasteiger partial charge in [-0.3, -0.25) is 0 Å². The summed E-state index contributed by atoms with van der Waals surface area (Å²) >= 11 is 1.63. The molecular weight excluding hydrogens is 337 g/mol. The van der Waals surface area contributed by atoms with Crippen molar-refractivity contribution < 1.29 is 9.50 Å². The third-order valence-corrected chi connectivity index (χ3v) is 5.58. The molecule has 1 aliphatic carbocycles. The molecule has 4 rings (SSSR count). The van der Waals surface area contributed by atoms with Crippen LogP contribution >= 0.6 is 11.3 Å². The Labute approximate surface area is 150 Å². The van der Waals surface area contributed by atoms with Crippen molar-refractivity contribution in [1.82, 2.24) is 9.97 Å². The SMILES string of the molecule is Cc1nc(N(CC(O)c2ccc(F)cc2)C2CC2)c2c(C)csc2n1. The molecule has 1 aliphatic rings. The van der Waals surface area contributed by atoms with Crippen LogP contribution in [0.15, 0.2) is 29.6 Å². The van der Waals surface area contributed by atoms with E-state index in [2.05, 4.69) is 22.2 Å². The first kappa shape index (κ1) is 16.4. The van der Waals surface area contributed by atoms with Gasteiger partial charge in [-0.25, -0.2) is 14.4 Å². The number of fused-ring (bicyclic) bond motifs is 1. The fraction of sp³-hybridized carbons (Fsp3) is 0.368. The van der Waals surface area contributed by atoms with Gasteiger partial charge in [0, 0.05) is 12.6 Å². The van der Waals surface area contributed by atoms with Gasteiger partial charge < -0.3 is 10.0 Å². The highest BCUT2D eigenvalue weighted by molar-refractivity contribution is 7.17. The highest BCUT2D eigenvalue weighted by Crippen LogP contribution is 2.38. The van der Waals surface area contributed by atoms with Gasteiger partial charge >= 0.3 is 0 Å². The fourth-order valence-electron chi connectivity index (χ4n) is 3.15. The summed E-state index contributed by atoms with van der Waals surface area (Å²) in [6, 6.07) is 6.45. The lowest BCUT2D eigenvalue weighted by Gasteiger charge is -2.27. The number of aliphatic hydroxyl groups is 1. The van der Waals surface area contributed by atoms with E-state index >= 15 is 0 Å². The van der Waals surface area contributed by atoms with Crippen molar-refractivity contribution in [3.05, 3.63) is 52.4 Å². The Kier molecular flexibility index (Phi) is 4.17. The zero-order valence-electron chi connectivity index (χ0n) is 14.2. The Morgan fingerprint density at radius 2 is 1.96 bits per heavy atom. The number of nitrogens with zero attached hydrogens (tertiary/aromatic N) is 3. The highest BCUT2D eigenvalue weighted by atomic mass is 32.1. The molecule has 0 saturated heterocycles. The van der Waals surface area contributed by atoms with E-state index in [4.69, 9.17) is 4.98 Å². The van der Waals surface area contributed by atoms with E-state index in [-0.39, 0.29) is 5.82 Å². The summed E-state index contributed by atoms with van der Waals surface area (Å²) in [7, 11) is 0. The van der Waals surface area contributed by atoms with Gasteiger partial charge in [-0.1, -0.05) is 12.1 Å². The number of thiophene rings is 1. The number of rotatable bonds is 5. The van der Waals surface area contributed by atoms with E-state index in [1.165, 1.54) is 12.1 Å². The number of aliphatic hydroxyl groups excluding tert-OH is 1. The molecule has 0 aliphatic heterocycles. The minimum atomic E-state index is -0.689. The molecule has 6 heteroatoms. The summed E-state index contributed by atoms with van der Waals surface area (Å²) in [5, 5.41) is 13.9. The number of anilines is 1. The zero-order valence-corrected chi connectivity index (χ0v) is 15.1. The van der Waals surface area contributed by atoms with Crippen LogP contribution < -0.4 is 4.90 Å². The Balaban J connectivity index is 1.70. The van der Waals surface area contributed by atoms with E-state index < -0.39 is 6.10 Å². The minimum Gasteiger partial charge on any atom is -0.387 e. The Morgan fingerprint density at radius 3 is 2.64 bits per heavy atom. The molecule has 0 amide bonds. The summed E-state index contributed by atoms with van der Waals surface area (Å²) in [5.41, 5.74) is 1.88. The van der Waals surface area contributed by atoms with E-state index in [0.29, 0.717) is 12.6 Å². The second kappa shape index (κ2) is 6.35. The lowest BCUT2D eigenvalue weighted by molar-refractivity contribution is 0.182. The average Bonchev–Trinajstić information content (AvgIpc) is 3.36. The molecule has 3 aromatic rings. The monoisotopic (exact) mass is 357 g/mol. The first-order valence-corrected chi connectivity index (χ1v) is 9.33. The van der Waals surface area contributed by atoms with Crippen molar-refractivity contribution in [1.29, 1.82) is 0 Å². The molecule has 1 aromatic carbocycles. The average molecular weight is 357 g/mol. The lowest BCUT2D eigenvalue weighted by Crippen LogP contribution is -2.32.